The highest BCUT2D eigenvalue weighted by molar-refractivity contribution is 5.46. The van der Waals surface area contributed by atoms with Crippen molar-refractivity contribution in [2.24, 2.45) is 0 Å². The quantitative estimate of drug-likeness (QED) is 0.437. The molecule has 0 saturated carbocycles. The molecule has 0 saturated heterocycles. The van der Waals surface area contributed by atoms with Crippen molar-refractivity contribution in [1.29, 1.82) is 0 Å². The first-order chi connectivity index (χ1) is 14.4. The number of fused-ring (bicyclic) bond motifs is 1. The number of ether oxygens (including phenoxy) is 1. The molecule has 1 atom stereocenters. The number of hydrogen-bond donors (Lipinski definition) is 0. The Bertz CT molecular complexity index is 725. The molecule has 31 heavy (non-hydrogen) atoms. The third kappa shape index (κ3) is 5.22. The molecular weight excluding hydrogens is 382 g/mol. The van der Waals surface area contributed by atoms with Crippen LogP contribution in [0.5, 0.6) is 5.75 Å². The maximum atomic E-state index is 6.79. The second kappa shape index (κ2) is 10.3. The second-order valence-electron chi connectivity index (χ2n) is 10.6. The van der Waals surface area contributed by atoms with Gasteiger partial charge >= 0.3 is 0 Å². The Labute approximate surface area is 192 Å². The van der Waals surface area contributed by atoms with Gasteiger partial charge in [-0.1, -0.05) is 18.2 Å². The average Bonchev–Trinajstić information content (AvgIpc) is 2.62. The summed E-state index contributed by atoms with van der Waals surface area (Å²) in [4.78, 5) is 7.67. The lowest BCUT2D eigenvalue weighted by molar-refractivity contribution is 0.0539. The van der Waals surface area contributed by atoms with Crippen molar-refractivity contribution in [3.05, 3.63) is 41.4 Å². The van der Waals surface area contributed by atoms with Crippen molar-refractivity contribution in [1.82, 2.24) is 14.7 Å². The first kappa shape index (κ1) is 25.6. The minimum atomic E-state index is 0.143. The molecule has 4 heteroatoms. The highest BCUT2D eigenvalue weighted by atomic mass is 16.5. The Morgan fingerprint density at radius 2 is 1.06 bits per heavy atom. The molecule has 176 valence electrons. The first-order valence-corrected chi connectivity index (χ1v) is 12.2. The van der Waals surface area contributed by atoms with Crippen LogP contribution in [-0.2, 0) is 0 Å². The fraction of sp³-hybridized carbons (Fsp3) is 0.704. The molecule has 4 nitrogen and oxygen atoms in total. The van der Waals surface area contributed by atoms with E-state index in [1.54, 1.807) is 0 Å². The summed E-state index contributed by atoms with van der Waals surface area (Å²) >= 11 is 0. The van der Waals surface area contributed by atoms with Crippen LogP contribution in [0, 0.1) is 0 Å². The highest BCUT2D eigenvalue weighted by Crippen LogP contribution is 2.46. The number of benzene rings is 1. The van der Waals surface area contributed by atoms with E-state index in [-0.39, 0.29) is 6.04 Å². The summed E-state index contributed by atoms with van der Waals surface area (Å²) < 4.78 is 6.79. The van der Waals surface area contributed by atoms with Crippen LogP contribution in [0.2, 0.25) is 0 Å². The van der Waals surface area contributed by atoms with E-state index in [0.29, 0.717) is 36.3 Å². The van der Waals surface area contributed by atoms with Crippen LogP contribution in [0.15, 0.2) is 35.8 Å². The average molecular weight is 430 g/mol. The van der Waals surface area contributed by atoms with Crippen molar-refractivity contribution in [3.8, 4) is 5.75 Å². The molecule has 0 aliphatic carbocycles. The number of para-hydroxylation sites is 1. The van der Waals surface area contributed by atoms with Crippen molar-refractivity contribution in [3.63, 3.8) is 0 Å². The molecule has 0 N–H and O–H groups in total. The zero-order valence-corrected chi connectivity index (χ0v) is 22.1. The van der Waals surface area contributed by atoms with E-state index in [9.17, 15) is 0 Å². The normalized spacial score (nSPS) is 16.9. The van der Waals surface area contributed by atoms with E-state index < -0.39 is 0 Å². The summed E-state index contributed by atoms with van der Waals surface area (Å²) in [7, 11) is 0. The van der Waals surface area contributed by atoms with Crippen LogP contribution >= 0.6 is 0 Å². The minimum Gasteiger partial charge on any atom is -0.439 e. The summed E-state index contributed by atoms with van der Waals surface area (Å²) in [6.45, 7) is 27.5. The van der Waals surface area contributed by atoms with Crippen LogP contribution < -0.4 is 4.74 Å². The largest absolute Gasteiger partial charge is 0.439 e. The minimum absolute atomic E-state index is 0.143. The highest BCUT2D eigenvalue weighted by Gasteiger charge is 2.42. The molecule has 1 aliphatic heterocycles. The SMILES string of the molecule is CC(C)N(C1=C(N(C(C)C)C(C)C)C(N(C(C)C)C(C)C)c2ccccc2O1)C(C)C. The topological polar surface area (TPSA) is 19.0 Å². The molecule has 0 bridgehead atoms. The first-order valence-electron chi connectivity index (χ1n) is 12.2. The van der Waals surface area contributed by atoms with Gasteiger partial charge < -0.3 is 14.5 Å². The third-order valence-corrected chi connectivity index (χ3v) is 6.13. The number of nitrogens with zero attached hydrogens (tertiary/aromatic N) is 3. The Kier molecular flexibility index (Phi) is 8.49. The predicted molar refractivity (Wildman–Crippen MR) is 133 cm³/mol. The van der Waals surface area contributed by atoms with Gasteiger partial charge in [0.25, 0.3) is 0 Å². The van der Waals surface area contributed by atoms with Gasteiger partial charge in [-0.2, -0.15) is 0 Å². The second-order valence-corrected chi connectivity index (χ2v) is 10.6. The van der Waals surface area contributed by atoms with Gasteiger partial charge in [-0.3, -0.25) is 4.90 Å². The van der Waals surface area contributed by atoms with Gasteiger partial charge in [-0.15, -0.1) is 0 Å². The van der Waals surface area contributed by atoms with E-state index in [1.165, 1.54) is 11.3 Å². The van der Waals surface area contributed by atoms with Crippen molar-refractivity contribution >= 4 is 0 Å². The third-order valence-electron chi connectivity index (χ3n) is 6.13. The lowest BCUT2D eigenvalue weighted by Crippen LogP contribution is -2.51. The van der Waals surface area contributed by atoms with Crippen molar-refractivity contribution in [2.75, 3.05) is 0 Å². The number of hydrogen-bond acceptors (Lipinski definition) is 4. The van der Waals surface area contributed by atoms with Crippen LogP contribution in [-0.4, -0.2) is 51.0 Å². The van der Waals surface area contributed by atoms with Gasteiger partial charge in [0.1, 0.15) is 5.75 Å². The van der Waals surface area contributed by atoms with Gasteiger partial charge in [-0.05, 0) is 89.2 Å². The van der Waals surface area contributed by atoms with Crippen LogP contribution in [0.4, 0.5) is 0 Å². The maximum absolute atomic E-state index is 6.79. The summed E-state index contributed by atoms with van der Waals surface area (Å²) in [6, 6.07) is 11.0. The molecule has 0 aromatic heterocycles. The fourth-order valence-corrected chi connectivity index (χ4v) is 5.37. The molecule has 2 rings (SSSR count). The van der Waals surface area contributed by atoms with E-state index >= 15 is 0 Å². The molecule has 1 aromatic carbocycles. The van der Waals surface area contributed by atoms with Gasteiger partial charge in [0.2, 0.25) is 5.88 Å². The Morgan fingerprint density at radius 3 is 1.48 bits per heavy atom. The monoisotopic (exact) mass is 429 g/mol. The standard InChI is InChI=1S/C27H47N3O/c1-17(2)28(18(3)4)25-23-15-13-14-16-24(23)31-27(30(21(9)10)22(11)12)26(25)29(19(5)6)20(7)8/h13-22,25H,1-12H3. The van der Waals surface area contributed by atoms with Crippen LogP contribution in [0.3, 0.4) is 0 Å². The molecule has 1 aliphatic rings. The van der Waals surface area contributed by atoms with E-state index in [4.69, 9.17) is 4.74 Å². The van der Waals surface area contributed by atoms with Gasteiger partial charge in [0, 0.05) is 41.8 Å². The molecule has 0 fully saturated rings. The molecular formula is C27H47N3O. The van der Waals surface area contributed by atoms with E-state index in [0.717, 1.165) is 11.6 Å². The van der Waals surface area contributed by atoms with Crippen molar-refractivity contribution < 1.29 is 4.74 Å². The fourth-order valence-electron chi connectivity index (χ4n) is 5.37. The molecule has 1 unspecified atom stereocenters. The zero-order valence-electron chi connectivity index (χ0n) is 22.1. The maximum Gasteiger partial charge on any atom is 0.217 e. The summed E-state index contributed by atoms with van der Waals surface area (Å²) in [5, 5.41) is 0. The lowest BCUT2D eigenvalue weighted by Gasteiger charge is -2.50. The van der Waals surface area contributed by atoms with Crippen LogP contribution in [0.1, 0.15) is 94.7 Å². The van der Waals surface area contributed by atoms with E-state index in [1.807, 2.05) is 0 Å². The molecule has 1 aromatic rings. The summed E-state index contributed by atoms with van der Waals surface area (Å²) in [5.41, 5.74) is 2.57. The summed E-state index contributed by atoms with van der Waals surface area (Å²) in [6.07, 6.45) is 0. The molecule has 0 amide bonds. The van der Waals surface area contributed by atoms with E-state index in [2.05, 4.69) is 122 Å². The van der Waals surface area contributed by atoms with Gasteiger partial charge in [-0.25, -0.2) is 0 Å². The molecule has 1 heterocycles. The van der Waals surface area contributed by atoms with Crippen LogP contribution in [0.25, 0.3) is 0 Å². The van der Waals surface area contributed by atoms with Gasteiger partial charge in [0.05, 0.1) is 11.7 Å². The van der Waals surface area contributed by atoms with Gasteiger partial charge in [0.15, 0.2) is 0 Å². The smallest absolute Gasteiger partial charge is 0.217 e. The lowest BCUT2D eigenvalue weighted by atomic mass is 9.93. The number of rotatable bonds is 9. The summed E-state index contributed by atoms with van der Waals surface area (Å²) in [5.74, 6) is 2.00. The Hall–Kier alpha value is -1.68. The predicted octanol–water partition coefficient (Wildman–Crippen LogP) is 6.65. The zero-order chi connectivity index (χ0) is 23.6. The van der Waals surface area contributed by atoms with Crippen molar-refractivity contribution in [2.45, 2.75) is 125 Å². The molecule has 0 radical (unpaired) electrons. The molecule has 0 spiro atoms. The Morgan fingerprint density at radius 1 is 0.613 bits per heavy atom. The Balaban J connectivity index is 2.94.